The number of aromatic hydroxyl groups is 3. The third-order valence-electron chi connectivity index (χ3n) is 6.07. The molecule has 2 atom stereocenters. The van der Waals surface area contributed by atoms with Crippen molar-refractivity contribution in [2.24, 2.45) is 0 Å². The number of hydrogen-bond acceptors (Lipinski definition) is 7. The van der Waals surface area contributed by atoms with Crippen molar-refractivity contribution in [1.29, 1.82) is 0 Å². The average molecular weight is 495 g/mol. The molecule has 0 saturated carbocycles. The minimum atomic E-state index is -0.714. The van der Waals surface area contributed by atoms with Gasteiger partial charge in [0.25, 0.3) is 5.91 Å². The van der Waals surface area contributed by atoms with E-state index in [0.29, 0.717) is 24.1 Å². The molecule has 0 aliphatic carbocycles. The lowest BCUT2D eigenvalue weighted by Gasteiger charge is -2.26. The number of phenols is 3. The van der Waals surface area contributed by atoms with Crippen LogP contribution in [0.15, 0.2) is 60.7 Å². The standard InChI is InChI=1S/C27H27FN2O6/c28-18-9-7-17(8-10-18)27(35)30-20-14-29-11-3-6-24(20)36-15-16-12-22(32)25(23(33)13-16)26(34)19-4-1-2-5-21(19)31/h1-2,4-5,7-10,12-13,20,24,29,31-33H,3,6,11,14-15H2,(H,30,35). The van der Waals surface area contributed by atoms with E-state index >= 15 is 0 Å². The van der Waals surface area contributed by atoms with Crippen LogP contribution in [0.3, 0.4) is 0 Å². The maximum Gasteiger partial charge on any atom is 0.251 e. The second-order valence-electron chi connectivity index (χ2n) is 8.64. The molecule has 9 heteroatoms. The maximum absolute atomic E-state index is 13.2. The molecule has 1 amide bonds. The van der Waals surface area contributed by atoms with E-state index < -0.39 is 23.1 Å². The Labute approximate surface area is 207 Å². The first-order valence-corrected chi connectivity index (χ1v) is 11.6. The highest BCUT2D eigenvalue weighted by Gasteiger charge is 2.27. The number of hydrogen-bond donors (Lipinski definition) is 5. The minimum Gasteiger partial charge on any atom is -0.507 e. The largest absolute Gasteiger partial charge is 0.507 e. The number of carbonyl (C=O) groups excluding carboxylic acids is 2. The van der Waals surface area contributed by atoms with Crippen molar-refractivity contribution in [3.63, 3.8) is 0 Å². The minimum absolute atomic E-state index is 0.0137. The number of ketones is 1. The summed E-state index contributed by atoms with van der Waals surface area (Å²) in [6.45, 7) is 1.25. The summed E-state index contributed by atoms with van der Waals surface area (Å²) >= 11 is 0. The number of rotatable bonds is 7. The number of amides is 1. The number of nitrogens with one attached hydrogen (secondary N) is 2. The number of ether oxygens (including phenoxy) is 1. The van der Waals surface area contributed by atoms with Gasteiger partial charge in [-0.3, -0.25) is 9.59 Å². The summed E-state index contributed by atoms with van der Waals surface area (Å²) in [5.41, 5.74) is 0.403. The van der Waals surface area contributed by atoms with Crippen molar-refractivity contribution in [3.05, 3.63) is 88.7 Å². The zero-order valence-electron chi connectivity index (χ0n) is 19.4. The molecule has 1 heterocycles. The Balaban J connectivity index is 1.46. The molecule has 36 heavy (non-hydrogen) atoms. The van der Waals surface area contributed by atoms with E-state index in [1.54, 1.807) is 12.1 Å². The number of benzene rings is 3. The highest BCUT2D eigenvalue weighted by atomic mass is 19.1. The van der Waals surface area contributed by atoms with Crippen LogP contribution >= 0.6 is 0 Å². The molecule has 3 aromatic rings. The molecule has 2 unspecified atom stereocenters. The SMILES string of the molecule is O=C(NC1CNCCCC1OCc1cc(O)c(C(=O)c2ccccc2O)c(O)c1)c1ccc(F)cc1. The molecule has 0 radical (unpaired) electrons. The summed E-state index contributed by atoms with van der Waals surface area (Å²) < 4.78 is 19.3. The fraction of sp³-hybridized carbons (Fsp3) is 0.259. The predicted molar refractivity (Wildman–Crippen MR) is 130 cm³/mol. The van der Waals surface area contributed by atoms with Crippen LogP contribution in [-0.4, -0.2) is 52.2 Å². The molecular weight excluding hydrogens is 467 g/mol. The third-order valence-corrected chi connectivity index (χ3v) is 6.07. The molecule has 188 valence electrons. The van der Waals surface area contributed by atoms with Crippen LogP contribution in [0.5, 0.6) is 17.2 Å². The molecule has 1 aliphatic heterocycles. The lowest BCUT2D eigenvalue weighted by molar-refractivity contribution is 0.0134. The zero-order valence-corrected chi connectivity index (χ0v) is 19.4. The lowest BCUT2D eigenvalue weighted by atomic mass is 9.99. The quantitative estimate of drug-likeness (QED) is 0.319. The zero-order chi connectivity index (χ0) is 25.7. The molecule has 1 fully saturated rings. The van der Waals surface area contributed by atoms with Gasteiger partial charge in [-0.05, 0) is 73.5 Å². The average Bonchev–Trinajstić information content (AvgIpc) is 3.07. The van der Waals surface area contributed by atoms with Crippen LogP contribution in [0.2, 0.25) is 0 Å². The first-order chi connectivity index (χ1) is 17.3. The molecule has 1 aliphatic rings. The molecule has 5 N–H and O–H groups in total. The maximum atomic E-state index is 13.2. The Hall–Kier alpha value is -3.95. The van der Waals surface area contributed by atoms with Gasteiger partial charge < -0.3 is 30.7 Å². The van der Waals surface area contributed by atoms with Crippen LogP contribution in [-0.2, 0) is 11.3 Å². The smallest absolute Gasteiger partial charge is 0.251 e. The van der Waals surface area contributed by atoms with Gasteiger partial charge in [0.05, 0.1) is 24.3 Å². The monoisotopic (exact) mass is 494 g/mol. The predicted octanol–water partition coefficient (Wildman–Crippen LogP) is 3.24. The van der Waals surface area contributed by atoms with Crippen LogP contribution in [0.25, 0.3) is 0 Å². The summed E-state index contributed by atoms with van der Waals surface area (Å²) in [6.07, 6.45) is 1.11. The fourth-order valence-electron chi connectivity index (χ4n) is 4.20. The molecular formula is C27H27FN2O6. The van der Waals surface area contributed by atoms with E-state index in [1.807, 2.05) is 0 Å². The van der Waals surface area contributed by atoms with Crippen LogP contribution < -0.4 is 10.6 Å². The number of carbonyl (C=O) groups is 2. The van der Waals surface area contributed by atoms with Crippen molar-refractivity contribution in [2.75, 3.05) is 13.1 Å². The molecule has 0 spiro atoms. The molecule has 3 aromatic carbocycles. The van der Waals surface area contributed by atoms with Crippen LogP contribution in [0.1, 0.15) is 44.7 Å². The van der Waals surface area contributed by atoms with Gasteiger partial charge in [0.15, 0.2) is 0 Å². The molecule has 8 nitrogen and oxygen atoms in total. The van der Waals surface area contributed by atoms with Gasteiger partial charge in [-0.25, -0.2) is 4.39 Å². The van der Waals surface area contributed by atoms with Crippen molar-refractivity contribution in [2.45, 2.75) is 31.6 Å². The van der Waals surface area contributed by atoms with Crippen LogP contribution in [0.4, 0.5) is 4.39 Å². The van der Waals surface area contributed by atoms with Gasteiger partial charge in [0.1, 0.15) is 28.6 Å². The van der Waals surface area contributed by atoms with Gasteiger partial charge in [0.2, 0.25) is 5.78 Å². The summed E-state index contributed by atoms with van der Waals surface area (Å²) in [7, 11) is 0. The molecule has 1 saturated heterocycles. The summed E-state index contributed by atoms with van der Waals surface area (Å²) in [6, 6.07) is 13.4. The van der Waals surface area contributed by atoms with Crippen LogP contribution in [0, 0.1) is 5.82 Å². The topological polar surface area (TPSA) is 128 Å². The Morgan fingerprint density at radius 2 is 1.69 bits per heavy atom. The van der Waals surface area contributed by atoms with E-state index in [1.165, 1.54) is 48.5 Å². The van der Waals surface area contributed by atoms with Gasteiger partial charge in [0, 0.05) is 12.1 Å². The number of phenolic OH excluding ortho intramolecular Hbond substituents is 3. The van der Waals surface area contributed by atoms with E-state index in [9.17, 15) is 29.3 Å². The molecule has 4 rings (SSSR count). The number of halogens is 1. The molecule has 0 bridgehead atoms. The third kappa shape index (κ3) is 5.81. The normalized spacial score (nSPS) is 17.8. The Bertz CT molecular complexity index is 1220. The summed E-state index contributed by atoms with van der Waals surface area (Å²) in [5.74, 6) is -2.63. The van der Waals surface area contributed by atoms with Gasteiger partial charge in [-0.15, -0.1) is 0 Å². The van der Waals surface area contributed by atoms with Crippen molar-refractivity contribution in [3.8, 4) is 17.2 Å². The highest BCUT2D eigenvalue weighted by Crippen LogP contribution is 2.33. The Kier molecular flexibility index (Phi) is 7.82. The second kappa shape index (κ2) is 11.2. The summed E-state index contributed by atoms with van der Waals surface area (Å²) in [4.78, 5) is 25.4. The van der Waals surface area contributed by atoms with E-state index in [-0.39, 0.29) is 41.5 Å². The summed E-state index contributed by atoms with van der Waals surface area (Å²) in [5, 5.41) is 37.1. The Morgan fingerprint density at radius 3 is 2.39 bits per heavy atom. The van der Waals surface area contributed by atoms with Gasteiger partial charge >= 0.3 is 0 Å². The molecule has 0 aromatic heterocycles. The Morgan fingerprint density at radius 1 is 1.00 bits per heavy atom. The number of para-hydroxylation sites is 1. The van der Waals surface area contributed by atoms with E-state index in [2.05, 4.69) is 10.6 Å². The van der Waals surface area contributed by atoms with E-state index in [0.717, 1.165) is 13.0 Å². The van der Waals surface area contributed by atoms with Crippen molar-refractivity contribution >= 4 is 11.7 Å². The first kappa shape index (κ1) is 25.2. The van der Waals surface area contributed by atoms with E-state index in [4.69, 9.17) is 4.74 Å². The fourth-order valence-corrected chi connectivity index (χ4v) is 4.20. The van der Waals surface area contributed by atoms with Gasteiger partial charge in [-0.2, -0.15) is 0 Å². The first-order valence-electron chi connectivity index (χ1n) is 11.6. The lowest BCUT2D eigenvalue weighted by Crippen LogP contribution is -2.48. The van der Waals surface area contributed by atoms with Gasteiger partial charge in [-0.1, -0.05) is 12.1 Å². The van der Waals surface area contributed by atoms with Crippen molar-refractivity contribution in [1.82, 2.24) is 10.6 Å². The highest BCUT2D eigenvalue weighted by molar-refractivity contribution is 6.13. The van der Waals surface area contributed by atoms with Crippen molar-refractivity contribution < 1.29 is 34.0 Å². The second-order valence-corrected chi connectivity index (χ2v) is 8.64.